The van der Waals surface area contributed by atoms with Gasteiger partial charge in [-0.1, -0.05) is 32.9 Å². The molecule has 0 radical (unpaired) electrons. The Hall–Kier alpha value is -2.68. The number of H-pyrrole nitrogens is 2. The fourth-order valence-electron chi connectivity index (χ4n) is 2.26. The zero-order valence-corrected chi connectivity index (χ0v) is 14.2. The molecule has 1 aromatic carbocycles. The van der Waals surface area contributed by atoms with E-state index in [-0.39, 0.29) is 27.2 Å². The number of benzene rings is 1. The average molecular weight is 347 g/mol. The molecule has 0 amide bonds. The number of hydrogen-bond donors (Lipinski definition) is 3. The lowest BCUT2D eigenvalue weighted by molar-refractivity contribution is 0.587. The predicted octanol–water partition coefficient (Wildman–Crippen LogP) is 1.74. The number of fused-ring (bicyclic) bond motifs is 1. The van der Waals surface area contributed by atoms with Crippen LogP contribution in [0.3, 0.4) is 0 Å². The maximum absolute atomic E-state index is 12.5. The van der Waals surface area contributed by atoms with Crippen LogP contribution in [0.2, 0.25) is 0 Å². The molecule has 9 heteroatoms. The third kappa shape index (κ3) is 2.90. The van der Waals surface area contributed by atoms with Gasteiger partial charge < -0.3 is 4.98 Å². The van der Waals surface area contributed by atoms with Gasteiger partial charge in [-0.2, -0.15) is 5.10 Å². The van der Waals surface area contributed by atoms with Gasteiger partial charge in [-0.3, -0.25) is 14.6 Å². The van der Waals surface area contributed by atoms with Crippen LogP contribution in [-0.4, -0.2) is 28.6 Å². The summed E-state index contributed by atoms with van der Waals surface area (Å²) in [6, 6.07) is 6.59. The monoisotopic (exact) mass is 347 g/mol. The van der Waals surface area contributed by atoms with Crippen LogP contribution >= 0.6 is 0 Å². The van der Waals surface area contributed by atoms with Gasteiger partial charge in [-0.05, 0) is 23.1 Å². The highest BCUT2D eigenvalue weighted by molar-refractivity contribution is 7.92. The van der Waals surface area contributed by atoms with Crippen molar-refractivity contribution in [3.05, 3.63) is 46.5 Å². The van der Waals surface area contributed by atoms with Gasteiger partial charge in [0.05, 0.1) is 11.2 Å². The fourth-order valence-corrected chi connectivity index (χ4v) is 3.28. The van der Waals surface area contributed by atoms with Gasteiger partial charge in [0, 0.05) is 0 Å². The quantitative estimate of drug-likeness (QED) is 0.666. The molecule has 0 spiro atoms. The minimum absolute atomic E-state index is 0.0624. The first-order valence-electron chi connectivity index (χ1n) is 7.23. The van der Waals surface area contributed by atoms with E-state index in [1.807, 2.05) is 20.8 Å². The molecule has 126 valence electrons. The van der Waals surface area contributed by atoms with Crippen molar-refractivity contribution in [2.75, 3.05) is 4.72 Å². The van der Waals surface area contributed by atoms with E-state index in [9.17, 15) is 13.2 Å². The zero-order chi connectivity index (χ0) is 17.5. The lowest BCUT2D eigenvalue weighted by atomic mass is 9.87. The van der Waals surface area contributed by atoms with Crippen LogP contribution in [0.25, 0.3) is 11.0 Å². The minimum Gasteiger partial charge on any atom is -0.312 e. The third-order valence-corrected chi connectivity index (χ3v) is 4.98. The molecule has 24 heavy (non-hydrogen) atoms. The highest BCUT2D eigenvalue weighted by Gasteiger charge is 2.20. The molecule has 0 unspecified atom stereocenters. The molecular formula is C15H17N5O3S. The molecule has 0 saturated carbocycles. The molecule has 0 bridgehead atoms. The van der Waals surface area contributed by atoms with Gasteiger partial charge in [0.1, 0.15) is 5.39 Å². The molecule has 0 atom stereocenters. The molecule has 2 heterocycles. The van der Waals surface area contributed by atoms with E-state index >= 15 is 0 Å². The topological polar surface area (TPSA) is 121 Å². The van der Waals surface area contributed by atoms with Crippen LogP contribution in [0.15, 0.2) is 40.3 Å². The lowest BCUT2D eigenvalue weighted by Gasteiger charge is -2.19. The van der Waals surface area contributed by atoms with Gasteiger partial charge in [-0.15, -0.1) is 0 Å². The molecule has 3 aromatic rings. The molecule has 0 saturated heterocycles. The molecule has 3 N–H and O–H groups in total. The Morgan fingerprint density at radius 3 is 2.42 bits per heavy atom. The summed E-state index contributed by atoms with van der Waals surface area (Å²) in [4.78, 5) is 18.2. The summed E-state index contributed by atoms with van der Waals surface area (Å²) in [5.41, 5.74) is 0.675. The molecule has 0 aliphatic carbocycles. The Kier molecular flexibility index (Phi) is 3.67. The number of nitrogens with one attached hydrogen (secondary N) is 3. The SMILES string of the molecule is CC(C)(C)c1ccc(S(=O)(=O)Nc2n[nH]c3nc[nH]c(=O)c23)cc1. The average Bonchev–Trinajstić information content (AvgIpc) is 2.90. The second-order valence-electron chi connectivity index (χ2n) is 6.41. The van der Waals surface area contributed by atoms with E-state index in [0.29, 0.717) is 0 Å². The summed E-state index contributed by atoms with van der Waals surface area (Å²) < 4.78 is 27.4. The Morgan fingerprint density at radius 2 is 1.79 bits per heavy atom. The Labute approximate surface area is 138 Å². The number of sulfonamides is 1. The van der Waals surface area contributed by atoms with Crippen molar-refractivity contribution in [3.63, 3.8) is 0 Å². The first-order chi connectivity index (χ1) is 11.2. The van der Waals surface area contributed by atoms with Crippen molar-refractivity contribution < 1.29 is 8.42 Å². The summed E-state index contributed by atoms with van der Waals surface area (Å²) in [5, 5.41) is 6.41. The molecule has 2 aromatic heterocycles. The predicted molar refractivity (Wildman–Crippen MR) is 90.5 cm³/mol. The highest BCUT2D eigenvalue weighted by atomic mass is 32.2. The van der Waals surface area contributed by atoms with Gasteiger partial charge in [0.2, 0.25) is 0 Å². The molecule has 0 aliphatic heterocycles. The number of hydrogen-bond acceptors (Lipinski definition) is 5. The summed E-state index contributed by atoms with van der Waals surface area (Å²) in [6.07, 6.45) is 1.21. The van der Waals surface area contributed by atoms with Crippen molar-refractivity contribution in [1.82, 2.24) is 20.2 Å². The smallest absolute Gasteiger partial charge is 0.264 e. The van der Waals surface area contributed by atoms with Gasteiger partial charge in [-0.25, -0.2) is 13.4 Å². The zero-order valence-electron chi connectivity index (χ0n) is 13.4. The van der Waals surface area contributed by atoms with Crippen LogP contribution in [0.5, 0.6) is 0 Å². The lowest BCUT2D eigenvalue weighted by Crippen LogP contribution is -2.16. The van der Waals surface area contributed by atoms with Crippen LogP contribution in [-0.2, 0) is 15.4 Å². The van der Waals surface area contributed by atoms with Crippen molar-refractivity contribution in [2.45, 2.75) is 31.1 Å². The molecule has 3 rings (SSSR count). The van der Waals surface area contributed by atoms with Crippen LogP contribution in [0.1, 0.15) is 26.3 Å². The fraction of sp³-hybridized carbons (Fsp3) is 0.267. The maximum Gasteiger partial charge on any atom is 0.264 e. The van der Waals surface area contributed by atoms with Crippen molar-refractivity contribution >= 4 is 26.9 Å². The number of rotatable bonds is 3. The molecular weight excluding hydrogens is 330 g/mol. The van der Waals surface area contributed by atoms with E-state index in [2.05, 4.69) is 24.9 Å². The molecule has 0 fully saturated rings. The molecule has 8 nitrogen and oxygen atoms in total. The molecule has 0 aliphatic rings. The van der Waals surface area contributed by atoms with E-state index in [4.69, 9.17) is 0 Å². The maximum atomic E-state index is 12.5. The van der Waals surface area contributed by atoms with E-state index in [0.717, 1.165) is 5.56 Å². The largest absolute Gasteiger partial charge is 0.312 e. The van der Waals surface area contributed by atoms with Gasteiger partial charge in [0.25, 0.3) is 15.6 Å². The Morgan fingerprint density at radius 1 is 1.12 bits per heavy atom. The van der Waals surface area contributed by atoms with Crippen LogP contribution in [0, 0.1) is 0 Å². The van der Waals surface area contributed by atoms with E-state index in [1.165, 1.54) is 18.5 Å². The van der Waals surface area contributed by atoms with Crippen LogP contribution in [0.4, 0.5) is 5.82 Å². The minimum atomic E-state index is -3.87. The summed E-state index contributed by atoms with van der Waals surface area (Å²) >= 11 is 0. The normalized spacial score (nSPS) is 12.5. The summed E-state index contributed by atoms with van der Waals surface area (Å²) in [5.74, 6) is -0.0840. The van der Waals surface area contributed by atoms with Crippen molar-refractivity contribution in [1.29, 1.82) is 0 Å². The first-order valence-corrected chi connectivity index (χ1v) is 8.72. The number of anilines is 1. The highest BCUT2D eigenvalue weighted by Crippen LogP contribution is 2.24. The van der Waals surface area contributed by atoms with Crippen LogP contribution < -0.4 is 10.3 Å². The number of aromatic nitrogens is 4. The second-order valence-corrected chi connectivity index (χ2v) is 8.09. The van der Waals surface area contributed by atoms with Gasteiger partial charge in [0.15, 0.2) is 11.5 Å². The van der Waals surface area contributed by atoms with E-state index in [1.54, 1.807) is 12.1 Å². The first kappa shape index (κ1) is 16.2. The number of aromatic amines is 2. The Balaban J connectivity index is 1.98. The Bertz CT molecular complexity index is 1040. The summed E-state index contributed by atoms with van der Waals surface area (Å²) in [7, 11) is -3.87. The van der Waals surface area contributed by atoms with Crippen molar-refractivity contribution in [2.24, 2.45) is 0 Å². The van der Waals surface area contributed by atoms with Gasteiger partial charge >= 0.3 is 0 Å². The third-order valence-electron chi connectivity index (χ3n) is 3.63. The second kappa shape index (κ2) is 5.45. The number of nitrogens with zero attached hydrogens (tertiary/aromatic N) is 2. The van der Waals surface area contributed by atoms with E-state index < -0.39 is 15.6 Å². The standard InChI is InChI=1S/C15H17N5O3S/c1-15(2,3)9-4-6-10(7-5-9)24(22,23)20-13-11-12(18-19-13)16-8-17-14(11)21/h4-8H,1-3H3,(H3,16,17,18,19,20,21). The van der Waals surface area contributed by atoms with Crippen molar-refractivity contribution in [3.8, 4) is 0 Å². The summed E-state index contributed by atoms with van der Waals surface area (Å²) in [6.45, 7) is 6.14.